The molecule has 2 aromatic rings. The Labute approximate surface area is 138 Å². The Balaban J connectivity index is 1.86. The zero-order chi connectivity index (χ0) is 16.5. The first-order valence-electron chi connectivity index (χ1n) is 7.88. The fourth-order valence-corrected chi connectivity index (χ4v) is 2.21. The molecule has 4 nitrogen and oxygen atoms in total. The molecule has 0 aliphatic carbocycles. The fourth-order valence-electron chi connectivity index (χ4n) is 2.21. The van der Waals surface area contributed by atoms with E-state index in [0.29, 0.717) is 6.54 Å². The molecular weight excluding hydrogens is 284 g/mol. The summed E-state index contributed by atoms with van der Waals surface area (Å²) in [6.45, 7) is 11.6. The molecule has 120 valence electrons. The van der Waals surface area contributed by atoms with Crippen LogP contribution in [0.1, 0.15) is 25.3 Å². The van der Waals surface area contributed by atoms with E-state index in [2.05, 4.69) is 52.8 Å². The minimum absolute atomic E-state index is 0.701. The summed E-state index contributed by atoms with van der Waals surface area (Å²) in [6.07, 6.45) is 5.67. The van der Waals surface area contributed by atoms with Gasteiger partial charge in [-0.25, -0.2) is 9.97 Å². The summed E-state index contributed by atoms with van der Waals surface area (Å²) in [5.41, 5.74) is 3.36. The van der Waals surface area contributed by atoms with Crippen molar-refractivity contribution >= 4 is 0 Å². The second-order valence-electron chi connectivity index (χ2n) is 5.46. The van der Waals surface area contributed by atoms with Gasteiger partial charge in [0.25, 0.3) is 0 Å². The van der Waals surface area contributed by atoms with E-state index in [1.807, 2.05) is 18.2 Å². The van der Waals surface area contributed by atoms with E-state index in [1.54, 1.807) is 12.4 Å². The van der Waals surface area contributed by atoms with Crippen molar-refractivity contribution in [1.82, 2.24) is 20.6 Å². The number of hydrogen-bond acceptors (Lipinski definition) is 4. The van der Waals surface area contributed by atoms with Crippen LogP contribution >= 0.6 is 0 Å². The van der Waals surface area contributed by atoms with E-state index in [0.717, 1.165) is 42.2 Å². The van der Waals surface area contributed by atoms with E-state index < -0.39 is 0 Å². The van der Waals surface area contributed by atoms with Crippen LogP contribution in [0.3, 0.4) is 0 Å². The molecule has 0 bridgehead atoms. The third-order valence-electron chi connectivity index (χ3n) is 3.41. The Morgan fingerprint density at radius 1 is 1.09 bits per heavy atom. The van der Waals surface area contributed by atoms with Crippen LogP contribution in [-0.2, 0) is 6.54 Å². The van der Waals surface area contributed by atoms with E-state index in [-0.39, 0.29) is 0 Å². The van der Waals surface area contributed by atoms with Crippen LogP contribution in [0.5, 0.6) is 0 Å². The van der Waals surface area contributed by atoms with Gasteiger partial charge in [0.15, 0.2) is 5.82 Å². The minimum Gasteiger partial charge on any atom is -0.369 e. The lowest BCUT2D eigenvalue weighted by molar-refractivity contribution is 0.698. The maximum Gasteiger partial charge on any atom is 0.159 e. The standard InChI is InChI=1S/C19H24N4/c1-4-7-15(2)13-22-16(3)23-14-17-8-5-9-18(12-17)19-20-10-6-11-21-19/h5-6,8-12,22-23H,2-4,7,13-14H2,1H3. The molecule has 23 heavy (non-hydrogen) atoms. The molecule has 0 unspecified atom stereocenters. The molecule has 0 saturated carbocycles. The van der Waals surface area contributed by atoms with Crippen LogP contribution in [0.4, 0.5) is 0 Å². The van der Waals surface area contributed by atoms with E-state index in [1.165, 1.54) is 5.57 Å². The minimum atomic E-state index is 0.701. The van der Waals surface area contributed by atoms with E-state index in [9.17, 15) is 0 Å². The Kier molecular flexibility index (Phi) is 6.36. The predicted octanol–water partition coefficient (Wildman–Crippen LogP) is 3.65. The van der Waals surface area contributed by atoms with Crippen molar-refractivity contribution in [2.75, 3.05) is 6.54 Å². The zero-order valence-electron chi connectivity index (χ0n) is 13.7. The van der Waals surface area contributed by atoms with Crippen LogP contribution in [0.15, 0.2) is 67.3 Å². The van der Waals surface area contributed by atoms with Gasteiger partial charge in [-0.15, -0.1) is 0 Å². The molecule has 2 rings (SSSR count). The number of hydrogen-bond donors (Lipinski definition) is 2. The summed E-state index contributed by atoms with van der Waals surface area (Å²) in [5, 5.41) is 6.54. The van der Waals surface area contributed by atoms with Crippen molar-refractivity contribution in [3.63, 3.8) is 0 Å². The molecule has 1 aromatic carbocycles. The summed E-state index contributed by atoms with van der Waals surface area (Å²) in [4.78, 5) is 8.56. The first kappa shape index (κ1) is 16.7. The lowest BCUT2D eigenvalue weighted by atomic mass is 10.1. The average Bonchev–Trinajstić information content (AvgIpc) is 2.59. The Bertz CT molecular complexity index is 649. The van der Waals surface area contributed by atoms with Gasteiger partial charge in [0, 0.05) is 31.0 Å². The van der Waals surface area contributed by atoms with Gasteiger partial charge in [-0.3, -0.25) is 0 Å². The van der Waals surface area contributed by atoms with Crippen LogP contribution in [-0.4, -0.2) is 16.5 Å². The predicted molar refractivity (Wildman–Crippen MR) is 95.5 cm³/mol. The van der Waals surface area contributed by atoms with Gasteiger partial charge >= 0.3 is 0 Å². The van der Waals surface area contributed by atoms with Crippen molar-refractivity contribution in [2.45, 2.75) is 26.3 Å². The lowest BCUT2D eigenvalue weighted by Crippen LogP contribution is -2.26. The second-order valence-corrected chi connectivity index (χ2v) is 5.46. The largest absolute Gasteiger partial charge is 0.369 e. The van der Waals surface area contributed by atoms with Crippen molar-refractivity contribution in [2.24, 2.45) is 0 Å². The first-order chi connectivity index (χ1) is 11.2. The van der Waals surface area contributed by atoms with Crippen molar-refractivity contribution < 1.29 is 0 Å². The topological polar surface area (TPSA) is 49.8 Å². The average molecular weight is 308 g/mol. The number of rotatable bonds is 9. The van der Waals surface area contributed by atoms with E-state index >= 15 is 0 Å². The molecule has 0 radical (unpaired) electrons. The van der Waals surface area contributed by atoms with Gasteiger partial charge in [0.1, 0.15) is 0 Å². The molecule has 0 spiro atoms. The number of aromatic nitrogens is 2. The highest BCUT2D eigenvalue weighted by Gasteiger charge is 2.02. The Morgan fingerprint density at radius 3 is 2.61 bits per heavy atom. The van der Waals surface area contributed by atoms with Crippen molar-refractivity contribution in [1.29, 1.82) is 0 Å². The number of nitrogens with zero attached hydrogens (tertiary/aromatic N) is 2. The van der Waals surface area contributed by atoms with Crippen LogP contribution in [0, 0.1) is 0 Å². The Hall–Kier alpha value is -2.62. The molecule has 1 aromatic heterocycles. The third-order valence-corrected chi connectivity index (χ3v) is 3.41. The molecule has 0 amide bonds. The van der Waals surface area contributed by atoms with Gasteiger partial charge in [-0.05, 0) is 24.1 Å². The normalized spacial score (nSPS) is 10.1. The summed E-state index contributed by atoms with van der Waals surface area (Å²) in [6, 6.07) is 10.0. The fraction of sp³-hybridized carbons (Fsp3) is 0.263. The van der Waals surface area contributed by atoms with Gasteiger partial charge in [0.05, 0.1) is 5.82 Å². The molecule has 1 heterocycles. The summed E-state index contributed by atoms with van der Waals surface area (Å²) in [5.74, 6) is 1.55. The van der Waals surface area contributed by atoms with Crippen molar-refractivity contribution in [3.05, 3.63) is 72.8 Å². The summed E-state index contributed by atoms with van der Waals surface area (Å²) >= 11 is 0. The molecule has 0 aliphatic rings. The molecule has 4 heteroatoms. The lowest BCUT2D eigenvalue weighted by Gasteiger charge is -2.13. The maximum atomic E-state index is 4.28. The molecule has 2 N–H and O–H groups in total. The highest BCUT2D eigenvalue weighted by atomic mass is 15.1. The van der Waals surface area contributed by atoms with Gasteiger partial charge in [-0.1, -0.05) is 50.3 Å². The van der Waals surface area contributed by atoms with Crippen LogP contribution in [0.2, 0.25) is 0 Å². The van der Waals surface area contributed by atoms with Gasteiger partial charge < -0.3 is 10.6 Å². The molecule has 0 fully saturated rings. The molecular formula is C19H24N4. The maximum absolute atomic E-state index is 4.28. The highest BCUT2D eigenvalue weighted by molar-refractivity contribution is 5.55. The number of benzene rings is 1. The van der Waals surface area contributed by atoms with Crippen molar-refractivity contribution in [3.8, 4) is 11.4 Å². The second kappa shape index (κ2) is 8.73. The molecule has 0 aliphatic heterocycles. The summed E-state index contributed by atoms with van der Waals surface area (Å²) < 4.78 is 0. The Morgan fingerprint density at radius 2 is 1.87 bits per heavy atom. The molecule has 0 atom stereocenters. The third kappa shape index (κ3) is 5.58. The monoisotopic (exact) mass is 308 g/mol. The zero-order valence-corrected chi connectivity index (χ0v) is 13.7. The quantitative estimate of drug-likeness (QED) is 0.694. The number of nitrogens with one attached hydrogen (secondary N) is 2. The first-order valence-corrected chi connectivity index (χ1v) is 7.88. The molecule has 0 saturated heterocycles. The summed E-state index contributed by atoms with van der Waals surface area (Å²) in [7, 11) is 0. The highest BCUT2D eigenvalue weighted by Crippen LogP contribution is 2.15. The van der Waals surface area contributed by atoms with Crippen LogP contribution in [0.25, 0.3) is 11.4 Å². The van der Waals surface area contributed by atoms with Gasteiger partial charge in [-0.2, -0.15) is 0 Å². The van der Waals surface area contributed by atoms with E-state index in [4.69, 9.17) is 0 Å². The van der Waals surface area contributed by atoms with Crippen LogP contribution < -0.4 is 10.6 Å². The SMILES string of the molecule is C=C(CCC)CNC(=C)NCc1cccc(-c2ncccn2)c1. The van der Waals surface area contributed by atoms with Gasteiger partial charge in [0.2, 0.25) is 0 Å². The smallest absolute Gasteiger partial charge is 0.159 e.